The molecule has 1 unspecified atom stereocenters. The van der Waals surface area contributed by atoms with Gasteiger partial charge in [-0.05, 0) is 57.5 Å². The van der Waals surface area contributed by atoms with Crippen molar-refractivity contribution >= 4 is 27.3 Å². The average molecular weight is 311 g/mol. The first-order valence-corrected chi connectivity index (χ1v) is 7.33. The highest BCUT2D eigenvalue weighted by atomic mass is 79.9. The standard InChI is InChI=1S/C13H15BrN2S/c1-3-9-6-16-5-4-10(9)13(15-2)11-7-17-8-12(11)14/h4-8,13,15H,3H2,1-2H3. The van der Waals surface area contributed by atoms with Crippen LogP contribution in [0.5, 0.6) is 0 Å². The summed E-state index contributed by atoms with van der Waals surface area (Å²) in [5.74, 6) is 0. The summed E-state index contributed by atoms with van der Waals surface area (Å²) < 4.78 is 1.17. The van der Waals surface area contributed by atoms with Crippen molar-refractivity contribution in [3.63, 3.8) is 0 Å². The van der Waals surface area contributed by atoms with Crippen LogP contribution >= 0.6 is 27.3 Å². The minimum absolute atomic E-state index is 0.230. The Hall–Kier alpha value is -0.710. The Balaban J connectivity index is 2.46. The first kappa shape index (κ1) is 12.7. The van der Waals surface area contributed by atoms with E-state index in [1.165, 1.54) is 21.2 Å². The summed E-state index contributed by atoms with van der Waals surface area (Å²) in [6.45, 7) is 2.16. The van der Waals surface area contributed by atoms with Crippen LogP contribution in [0.4, 0.5) is 0 Å². The Labute approximate surface area is 114 Å². The van der Waals surface area contributed by atoms with Gasteiger partial charge in [-0.2, -0.15) is 11.3 Å². The highest BCUT2D eigenvalue weighted by Gasteiger charge is 2.17. The maximum Gasteiger partial charge on any atom is 0.0597 e. The molecule has 0 aliphatic carbocycles. The number of rotatable bonds is 4. The minimum Gasteiger partial charge on any atom is -0.309 e. The second-order valence-electron chi connectivity index (χ2n) is 3.82. The van der Waals surface area contributed by atoms with Crippen LogP contribution in [0, 0.1) is 0 Å². The molecule has 0 amide bonds. The molecule has 0 aliphatic heterocycles. The Kier molecular flexibility index (Phi) is 4.31. The van der Waals surface area contributed by atoms with Crippen LogP contribution in [0.3, 0.4) is 0 Å². The van der Waals surface area contributed by atoms with E-state index < -0.39 is 0 Å². The molecule has 2 nitrogen and oxygen atoms in total. The largest absolute Gasteiger partial charge is 0.309 e. The molecular formula is C13H15BrN2S. The van der Waals surface area contributed by atoms with Crippen LogP contribution in [0.25, 0.3) is 0 Å². The lowest BCUT2D eigenvalue weighted by Crippen LogP contribution is -2.19. The molecule has 0 bridgehead atoms. The molecule has 0 aliphatic rings. The van der Waals surface area contributed by atoms with E-state index in [1.54, 1.807) is 11.3 Å². The number of pyridine rings is 1. The van der Waals surface area contributed by atoms with Gasteiger partial charge in [0, 0.05) is 22.2 Å². The van der Waals surface area contributed by atoms with E-state index in [9.17, 15) is 0 Å². The van der Waals surface area contributed by atoms with Crippen LogP contribution < -0.4 is 5.32 Å². The zero-order valence-corrected chi connectivity index (χ0v) is 12.3. The van der Waals surface area contributed by atoms with Crippen LogP contribution in [-0.2, 0) is 6.42 Å². The topological polar surface area (TPSA) is 24.9 Å². The molecule has 4 heteroatoms. The second kappa shape index (κ2) is 5.76. The summed E-state index contributed by atoms with van der Waals surface area (Å²) in [5.41, 5.74) is 3.90. The van der Waals surface area contributed by atoms with E-state index in [-0.39, 0.29) is 6.04 Å². The molecule has 0 fully saturated rings. The number of thiophene rings is 1. The van der Waals surface area contributed by atoms with E-state index in [0.29, 0.717) is 0 Å². The SMILES string of the molecule is CCc1cnccc1C(NC)c1cscc1Br. The molecule has 90 valence electrons. The Morgan fingerprint density at radius 2 is 2.24 bits per heavy atom. The number of hydrogen-bond donors (Lipinski definition) is 1. The summed E-state index contributed by atoms with van der Waals surface area (Å²) in [4.78, 5) is 4.20. The van der Waals surface area contributed by atoms with Gasteiger partial charge in [0.25, 0.3) is 0 Å². The molecule has 2 heterocycles. The molecule has 0 aromatic carbocycles. The number of aryl methyl sites for hydroxylation is 1. The predicted octanol–water partition coefficient (Wildman–Crippen LogP) is 3.78. The fraction of sp³-hybridized carbons (Fsp3) is 0.308. The molecule has 0 saturated heterocycles. The van der Waals surface area contributed by atoms with Crippen molar-refractivity contribution in [1.29, 1.82) is 0 Å². The van der Waals surface area contributed by atoms with Crippen molar-refractivity contribution < 1.29 is 0 Å². The van der Waals surface area contributed by atoms with Gasteiger partial charge in [-0.15, -0.1) is 0 Å². The average Bonchev–Trinajstić information content (AvgIpc) is 2.78. The number of hydrogen-bond acceptors (Lipinski definition) is 3. The van der Waals surface area contributed by atoms with Gasteiger partial charge < -0.3 is 5.32 Å². The molecular weight excluding hydrogens is 296 g/mol. The Bertz CT molecular complexity index is 496. The maximum absolute atomic E-state index is 4.20. The molecule has 1 N–H and O–H groups in total. The third-order valence-corrected chi connectivity index (χ3v) is 4.63. The van der Waals surface area contributed by atoms with E-state index in [1.807, 2.05) is 19.4 Å². The summed E-state index contributed by atoms with van der Waals surface area (Å²) in [7, 11) is 1.99. The van der Waals surface area contributed by atoms with Gasteiger partial charge in [-0.25, -0.2) is 0 Å². The van der Waals surface area contributed by atoms with E-state index in [4.69, 9.17) is 0 Å². The number of nitrogens with one attached hydrogen (secondary N) is 1. The number of halogens is 1. The Morgan fingerprint density at radius 1 is 1.41 bits per heavy atom. The predicted molar refractivity (Wildman–Crippen MR) is 76.5 cm³/mol. The van der Waals surface area contributed by atoms with Crippen LogP contribution in [0.1, 0.15) is 29.7 Å². The lowest BCUT2D eigenvalue weighted by Gasteiger charge is -2.19. The quantitative estimate of drug-likeness (QED) is 0.929. The van der Waals surface area contributed by atoms with E-state index in [0.717, 1.165) is 6.42 Å². The van der Waals surface area contributed by atoms with Crippen molar-refractivity contribution in [3.8, 4) is 0 Å². The van der Waals surface area contributed by atoms with Crippen molar-refractivity contribution in [2.75, 3.05) is 7.05 Å². The number of aromatic nitrogens is 1. The monoisotopic (exact) mass is 310 g/mol. The fourth-order valence-corrected chi connectivity index (χ4v) is 3.54. The van der Waals surface area contributed by atoms with Crippen LogP contribution in [0.2, 0.25) is 0 Å². The normalized spacial score (nSPS) is 12.6. The minimum atomic E-state index is 0.230. The summed E-state index contributed by atoms with van der Waals surface area (Å²) in [6.07, 6.45) is 4.82. The second-order valence-corrected chi connectivity index (χ2v) is 5.42. The first-order chi connectivity index (χ1) is 8.27. The lowest BCUT2D eigenvalue weighted by molar-refractivity contribution is 0.682. The van der Waals surface area contributed by atoms with E-state index >= 15 is 0 Å². The first-order valence-electron chi connectivity index (χ1n) is 5.59. The highest BCUT2D eigenvalue weighted by Crippen LogP contribution is 2.32. The molecule has 2 aromatic heterocycles. The van der Waals surface area contributed by atoms with Crippen molar-refractivity contribution in [2.24, 2.45) is 0 Å². The van der Waals surface area contributed by atoms with Gasteiger partial charge >= 0.3 is 0 Å². The van der Waals surface area contributed by atoms with Gasteiger partial charge in [0.1, 0.15) is 0 Å². The molecule has 0 spiro atoms. The zero-order chi connectivity index (χ0) is 12.3. The molecule has 2 rings (SSSR count). The number of nitrogens with zero attached hydrogens (tertiary/aromatic N) is 1. The van der Waals surface area contributed by atoms with Crippen LogP contribution in [0.15, 0.2) is 33.7 Å². The van der Waals surface area contributed by atoms with Crippen molar-refractivity contribution in [1.82, 2.24) is 10.3 Å². The molecule has 2 aromatic rings. The van der Waals surface area contributed by atoms with E-state index in [2.05, 4.69) is 50.0 Å². The summed E-state index contributed by atoms with van der Waals surface area (Å²) in [6, 6.07) is 2.33. The van der Waals surface area contributed by atoms with Gasteiger partial charge in [0.2, 0.25) is 0 Å². The molecule has 1 atom stereocenters. The summed E-state index contributed by atoms with van der Waals surface area (Å²) in [5, 5.41) is 7.69. The molecule has 0 radical (unpaired) electrons. The van der Waals surface area contributed by atoms with Crippen molar-refractivity contribution in [2.45, 2.75) is 19.4 Å². The smallest absolute Gasteiger partial charge is 0.0597 e. The lowest BCUT2D eigenvalue weighted by atomic mass is 9.97. The third-order valence-electron chi connectivity index (χ3n) is 2.88. The highest BCUT2D eigenvalue weighted by molar-refractivity contribution is 9.10. The van der Waals surface area contributed by atoms with Crippen LogP contribution in [-0.4, -0.2) is 12.0 Å². The van der Waals surface area contributed by atoms with Gasteiger partial charge in [-0.1, -0.05) is 6.92 Å². The maximum atomic E-state index is 4.20. The molecule has 0 saturated carbocycles. The molecule has 17 heavy (non-hydrogen) atoms. The van der Waals surface area contributed by atoms with Crippen molar-refractivity contribution in [3.05, 3.63) is 50.4 Å². The van der Waals surface area contributed by atoms with Gasteiger partial charge in [0.15, 0.2) is 0 Å². The summed E-state index contributed by atoms with van der Waals surface area (Å²) >= 11 is 5.32. The van der Waals surface area contributed by atoms with Gasteiger partial charge in [0.05, 0.1) is 6.04 Å². The zero-order valence-electron chi connectivity index (χ0n) is 9.90. The fourth-order valence-electron chi connectivity index (χ4n) is 1.99. The van der Waals surface area contributed by atoms with Gasteiger partial charge in [-0.3, -0.25) is 4.98 Å². The Morgan fingerprint density at radius 3 is 2.82 bits per heavy atom. The third kappa shape index (κ3) is 2.59.